The number of hydrogen-bond acceptors (Lipinski definition) is 2. The third-order valence-electron chi connectivity index (χ3n) is 2.88. The summed E-state index contributed by atoms with van der Waals surface area (Å²) in [5, 5.41) is 0. The van der Waals surface area contributed by atoms with Crippen LogP contribution in [0.15, 0.2) is 41.0 Å². The van der Waals surface area contributed by atoms with Gasteiger partial charge in [-0.05, 0) is 53.0 Å². The Kier molecular flexibility index (Phi) is 3.92. The average Bonchev–Trinajstić information content (AvgIpc) is 2.34. The summed E-state index contributed by atoms with van der Waals surface area (Å²) in [6.07, 6.45) is 2.03. The third-order valence-corrected chi connectivity index (χ3v) is 3.52. The molecule has 2 rings (SSSR count). The summed E-state index contributed by atoms with van der Waals surface area (Å²) >= 11 is 3.36. The molecule has 0 bridgehead atoms. The first kappa shape index (κ1) is 13.0. The monoisotopic (exact) mass is 303 g/mol. The number of nitrogens with zero attached hydrogens (tertiary/aromatic N) is 1. The van der Waals surface area contributed by atoms with Crippen LogP contribution in [0.2, 0.25) is 0 Å². The van der Waals surface area contributed by atoms with E-state index in [1.165, 1.54) is 5.56 Å². The zero-order valence-corrected chi connectivity index (χ0v) is 12.0. The van der Waals surface area contributed by atoms with Gasteiger partial charge < -0.3 is 0 Å². The van der Waals surface area contributed by atoms with E-state index in [2.05, 4.69) is 33.0 Å². The summed E-state index contributed by atoms with van der Waals surface area (Å²) in [4.78, 5) is 16.3. The van der Waals surface area contributed by atoms with E-state index >= 15 is 0 Å². The maximum atomic E-state index is 12.2. The van der Waals surface area contributed by atoms with Gasteiger partial charge in [-0.2, -0.15) is 0 Å². The Hall–Kier alpha value is -1.48. The quantitative estimate of drug-likeness (QED) is 0.805. The van der Waals surface area contributed by atoms with Crippen LogP contribution in [0, 0.1) is 13.8 Å². The van der Waals surface area contributed by atoms with Gasteiger partial charge in [0.05, 0.1) is 0 Å². The second-order valence-corrected chi connectivity index (χ2v) is 5.22. The topological polar surface area (TPSA) is 30.0 Å². The van der Waals surface area contributed by atoms with Gasteiger partial charge in [0.15, 0.2) is 5.78 Å². The van der Waals surface area contributed by atoms with Gasteiger partial charge in [0.1, 0.15) is 5.69 Å². The van der Waals surface area contributed by atoms with E-state index in [-0.39, 0.29) is 5.78 Å². The van der Waals surface area contributed by atoms with Crippen LogP contribution in [0.25, 0.3) is 0 Å². The van der Waals surface area contributed by atoms with Crippen molar-refractivity contribution in [3.63, 3.8) is 0 Å². The number of ketones is 1. The fourth-order valence-electron chi connectivity index (χ4n) is 1.84. The van der Waals surface area contributed by atoms with E-state index in [4.69, 9.17) is 0 Å². The molecule has 0 spiro atoms. The number of aryl methyl sites for hydroxylation is 2. The Morgan fingerprint density at radius 2 is 2.06 bits per heavy atom. The third kappa shape index (κ3) is 2.85. The maximum Gasteiger partial charge on any atom is 0.186 e. The van der Waals surface area contributed by atoms with E-state index in [0.29, 0.717) is 12.1 Å². The zero-order valence-electron chi connectivity index (χ0n) is 10.4. The van der Waals surface area contributed by atoms with Crippen molar-refractivity contribution in [1.29, 1.82) is 0 Å². The minimum Gasteiger partial charge on any atom is -0.292 e. The van der Waals surface area contributed by atoms with Gasteiger partial charge >= 0.3 is 0 Å². The van der Waals surface area contributed by atoms with Crippen LogP contribution in [0.3, 0.4) is 0 Å². The van der Waals surface area contributed by atoms with Crippen molar-refractivity contribution >= 4 is 21.7 Å². The Balaban J connectivity index is 2.27. The van der Waals surface area contributed by atoms with Gasteiger partial charge in [-0.3, -0.25) is 9.78 Å². The Labute approximate surface area is 115 Å². The molecule has 0 atom stereocenters. The standard InChI is InChI=1S/C15H14BrNO/c1-10-5-6-11(2)12(8-10)9-14(18)15-13(16)4-3-7-17-15/h3-8H,9H2,1-2H3. The maximum absolute atomic E-state index is 12.2. The fourth-order valence-corrected chi connectivity index (χ4v) is 2.31. The van der Waals surface area contributed by atoms with Crippen LogP contribution in [0.5, 0.6) is 0 Å². The molecule has 0 amide bonds. The molecule has 0 saturated heterocycles. The van der Waals surface area contributed by atoms with Crippen molar-refractivity contribution < 1.29 is 4.79 Å². The van der Waals surface area contributed by atoms with E-state index in [1.807, 2.05) is 26.0 Å². The molecule has 1 aromatic heterocycles. The molecule has 0 unspecified atom stereocenters. The van der Waals surface area contributed by atoms with Crippen LogP contribution in [-0.4, -0.2) is 10.8 Å². The molecule has 3 heteroatoms. The second kappa shape index (κ2) is 5.44. The highest BCUT2D eigenvalue weighted by atomic mass is 79.9. The van der Waals surface area contributed by atoms with E-state index in [9.17, 15) is 4.79 Å². The van der Waals surface area contributed by atoms with Gasteiger partial charge in [0, 0.05) is 17.1 Å². The van der Waals surface area contributed by atoms with Gasteiger partial charge in [0.25, 0.3) is 0 Å². The van der Waals surface area contributed by atoms with Crippen molar-refractivity contribution in [1.82, 2.24) is 4.98 Å². The Morgan fingerprint density at radius 1 is 1.28 bits per heavy atom. The minimum absolute atomic E-state index is 0.0381. The highest BCUT2D eigenvalue weighted by Gasteiger charge is 2.13. The van der Waals surface area contributed by atoms with Crippen LogP contribution in [-0.2, 0) is 6.42 Å². The number of hydrogen-bond donors (Lipinski definition) is 0. The number of carbonyl (C=O) groups excluding carboxylic acids is 1. The molecule has 0 aliphatic heterocycles. The molecule has 0 aliphatic rings. The van der Waals surface area contributed by atoms with Crippen molar-refractivity contribution in [3.8, 4) is 0 Å². The molecule has 0 radical (unpaired) electrons. The molecule has 0 N–H and O–H groups in total. The summed E-state index contributed by atoms with van der Waals surface area (Å²) in [6, 6.07) is 9.80. The second-order valence-electron chi connectivity index (χ2n) is 4.36. The summed E-state index contributed by atoms with van der Waals surface area (Å²) < 4.78 is 0.750. The molecule has 18 heavy (non-hydrogen) atoms. The molecular weight excluding hydrogens is 290 g/mol. The lowest BCUT2D eigenvalue weighted by atomic mass is 10.00. The number of Topliss-reactive ketones (excluding diaryl/α,β-unsaturated/α-hetero) is 1. The largest absolute Gasteiger partial charge is 0.292 e. The van der Waals surface area contributed by atoms with Crippen molar-refractivity contribution in [2.75, 3.05) is 0 Å². The van der Waals surface area contributed by atoms with Crippen LogP contribution in [0.1, 0.15) is 27.2 Å². The highest BCUT2D eigenvalue weighted by molar-refractivity contribution is 9.10. The first-order valence-corrected chi connectivity index (χ1v) is 6.57. The van der Waals surface area contributed by atoms with E-state index in [1.54, 1.807) is 12.3 Å². The first-order chi connectivity index (χ1) is 8.58. The summed E-state index contributed by atoms with van der Waals surface area (Å²) in [5.41, 5.74) is 3.88. The number of benzene rings is 1. The Morgan fingerprint density at radius 3 is 2.78 bits per heavy atom. The molecule has 0 aliphatic carbocycles. The first-order valence-electron chi connectivity index (χ1n) is 5.78. The lowest BCUT2D eigenvalue weighted by Gasteiger charge is -2.07. The number of aromatic nitrogens is 1. The fraction of sp³-hybridized carbons (Fsp3) is 0.200. The zero-order chi connectivity index (χ0) is 13.1. The number of halogens is 1. The normalized spacial score (nSPS) is 10.4. The number of rotatable bonds is 3. The molecule has 0 saturated carbocycles. The summed E-state index contributed by atoms with van der Waals surface area (Å²) in [6.45, 7) is 4.06. The lowest BCUT2D eigenvalue weighted by molar-refractivity contribution is 0.0987. The minimum atomic E-state index is 0.0381. The predicted octanol–water partition coefficient (Wildman–Crippen LogP) is 3.89. The summed E-state index contributed by atoms with van der Waals surface area (Å²) in [7, 11) is 0. The number of carbonyl (C=O) groups is 1. The van der Waals surface area contributed by atoms with Gasteiger partial charge in [-0.25, -0.2) is 0 Å². The van der Waals surface area contributed by atoms with Crippen LogP contribution >= 0.6 is 15.9 Å². The van der Waals surface area contributed by atoms with Crippen LogP contribution in [0.4, 0.5) is 0 Å². The smallest absolute Gasteiger partial charge is 0.186 e. The van der Waals surface area contributed by atoms with Gasteiger partial charge in [-0.15, -0.1) is 0 Å². The SMILES string of the molecule is Cc1ccc(C)c(CC(=O)c2ncccc2Br)c1. The molecule has 0 fully saturated rings. The molecular formula is C15H14BrNO. The molecule has 2 aromatic rings. The molecule has 92 valence electrons. The molecule has 1 heterocycles. The lowest BCUT2D eigenvalue weighted by Crippen LogP contribution is -2.08. The number of pyridine rings is 1. The molecule has 1 aromatic carbocycles. The van der Waals surface area contributed by atoms with Crippen LogP contribution < -0.4 is 0 Å². The van der Waals surface area contributed by atoms with Gasteiger partial charge in [0.2, 0.25) is 0 Å². The molecule has 2 nitrogen and oxygen atoms in total. The van der Waals surface area contributed by atoms with Crippen molar-refractivity contribution in [2.24, 2.45) is 0 Å². The van der Waals surface area contributed by atoms with E-state index in [0.717, 1.165) is 15.6 Å². The highest BCUT2D eigenvalue weighted by Crippen LogP contribution is 2.18. The Bertz CT molecular complexity index is 593. The van der Waals surface area contributed by atoms with Gasteiger partial charge in [-0.1, -0.05) is 23.8 Å². The van der Waals surface area contributed by atoms with E-state index < -0.39 is 0 Å². The predicted molar refractivity (Wildman–Crippen MR) is 75.9 cm³/mol. The van der Waals surface area contributed by atoms with Crippen molar-refractivity contribution in [3.05, 3.63) is 63.4 Å². The van der Waals surface area contributed by atoms with Crippen molar-refractivity contribution in [2.45, 2.75) is 20.3 Å². The summed E-state index contributed by atoms with van der Waals surface area (Å²) in [5.74, 6) is 0.0381. The average molecular weight is 304 g/mol.